The van der Waals surface area contributed by atoms with E-state index in [1.54, 1.807) is 18.4 Å². The quantitative estimate of drug-likeness (QED) is 0.482. The van der Waals surface area contributed by atoms with Crippen LogP contribution in [-0.4, -0.2) is 11.0 Å². The fourth-order valence-corrected chi connectivity index (χ4v) is 3.37. The molecule has 3 heterocycles. The number of esters is 1. The van der Waals surface area contributed by atoms with Gasteiger partial charge in [0.25, 0.3) is 5.88 Å². The summed E-state index contributed by atoms with van der Waals surface area (Å²) in [7, 11) is 0. The van der Waals surface area contributed by atoms with Crippen LogP contribution < -0.4 is 4.74 Å². The first-order valence-corrected chi connectivity index (χ1v) is 8.24. The molecule has 0 N–H and O–H groups in total. The van der Waals surface area contributed by atoms with Gasteiger partial charge < -0.3 is 13.6 Å². The van der Waals surface area contributed by atoms with E-state index >= 15 is 0 Å². The van der Waals surface area contributed by atoms with E-state index in [0.29, 0.717) is 10.1 Å². The van der Waals surface area contributed by atoms with E-state index in [1.807, 2.05) is 24.3 Å². The summed E-state index contributed by atoms with van der Waals surface area (Å²) in [6, 6.07) is 10.9. The van der Waals surface area contributed by atoms with Crippen molar-refractivity contribution in [2.24, 2.45) is 0 Å². The number of nitrogens with zero attached hydrogens (tertiary/aromatic N) is 1. The predicted molar refractivity (Wildman–Crippen MR) is 90.4 cm³/mol. The summed E-state index contributed by atoms with van der Waals surface area (Å²) in [4.78, 5) is 16.9. The second kappa shape index (κ2) is 6.14. The molecule has 120 valence electrons. The fraction of sp³-hybridized carbons (Fsp3) is 0.0588. The number of rotatable bonds is 4. The number of thiophene rings is 1. The highest BCUT2D eigenvalue weighted by molar-refractivity contribution is 7.19. The standard InChI is InChI=1S/C17H10ClNO4S/c18-14-4-3-13(24-14)16-17(19-9-22-16)23-15(20)8-10-1-2-12-11(7-10)5-6-21-12/h1-7,9H,8H2. The average molecular weight is 360 g/mol. The second-order valence-electron chi connectivity index (χ2n) is 5.03. The number of carbonyl (C=O) groups excluding carboxylic acids is 1. The summed E-state index contributed by atoms with van der Waals surface area (Å²) in [6.07, 6.45) is 2.97. The Hall–Kier alpha value is -2.57. The zero-order chi connectivity index (χ0) is 16.5. The Morgan fingerprint density at radius 2 is 2.12 bits per heavy atom. The minimum atomic E-state index is -0.421. The van der Waals surface area contributed by atoms with Crippen LogP contribution in [0.3, 0.4) is 0 Å². The lowest BCUT2D eigenvalue weighted by molar-refractivity contribution is -0.133. The van der Waals surface area contributed by atoms with Crippen molar-refractivity contribution in [2.45, 2.75) is 6.42 Å². The summed E-state index contributed by atoms with van der Waals surface area (Å²) in [5, 5.41) is 0.940. The summed E-state index contributed by atoms with van der Waals surface area (Å²) >= 11 is 7.25. The first-order chi connectivity index (χ1) is 11.7. The van der Waals surface area contributed by atoms with Crippen molar-refractivity contribution < 1.29 is 18.4 Å². The molecule has 0 unspecified atom stereocenters. The first kappa shape index (κ1) is 15.0. The molecule has 7 heteroatoms. The van der Waals surface area contributed by atoms with Crippen LogP contribution in [0.5, 0.6) is 5.88 Å². The molecule has 0 fully saturated rings. The maximum atomic E-state index is 12.2. The van der Waals surface area contributed by atoms with Gasteiger partial charge in [-0.1, -0.05) is 17.7 Å². The average Bonchev–Trinajstić information content (AvgIpc) is 3.27. The number of halogens is 1. The molecule has 3 aromatic heterocycles. The molecule has 0 aliphatic rings. The molecule has 0 amide bonds. The number of hydrogen-bond acceptors (Lipinski definition) is 6. The minimum Gasteiger partial charge on any atom is -0.464 e. The highest BCUT2D eigenvalue weighted by Crippen LogP contribution is 2.36. The van der Waals surface area contributed by atoms with Gasteiger partial charge in [0.1, 0.15) is 5.58 Å². The van der Waals surface area contributed by atoms with Gasteiger partial charge in [0, 0.05) is 5.39 Å². The SMILES string of the molecule is O=C(Cc1ccc2occc2c1)Oc1ncoc1-c1ccc(Cl)s1. The van der Waals surface area contributed by atoms with Gasteiger partial charge in [0.2, 0.25) is 5.76 Å². The van der Waals surface area contributed by atoms with Crippen molar-refractivity contribution in [3.8, 4) is 16.5 Å². The number of oxazole rings is 1. The van der Waals surface area contributed by atoms with Crippen molar-refractivity contribution in [1.29, 1.82) is 0 Å². The lowest BCUT2D eigenvalue weighted by Gasteiger charge is -2.03. The Balaban J connectivity index is 1.51. The van der Waals surface area contributed by atoms with Crippen molar-refractivity contribution in [1.82, 2.24) is 4.98 Å². The zero-order valence-electron chi connectivity index (χ0n) is 12.2. The molecule has 5 nitrogen and oxygen atoms in total. The van der Waals surface area contributed by atoms with Gasteiger partial charge in [-0.3, -0.25) is 4.79 Å². The maximum absolute atomic E-state index is 12.2. The van der Waals surface area contributed by atoms with Gasteiger partial charge in [-0.25, -0.2) is 0 Å². The van der Waals surface area contributed by atoms with Gasteiger partial charge in [0.15, 0.2) is 6.39 Å². The molecule has 0 saturated heterocycles. The monoisotopic (exact) mass is 359 g/mol. The number of ether oxygens (including phenoxy) is 1. The van der Waals surface area contributed by atoms with Crippen LogP contribution in [0.15, 0.2) is 57.9 Å². The van der Waals surface area contributed by atoms with Crippen LogP contribution in [0.25, 0.3) is 21.6 Å². The number of fused-ring (bicyclic) bond motifs is 1. The third-order valence-electron chi connectivity index (χ3n) is 3.41. The van der Waals surface area contributed by atoms with E-state index in [0.717, 1.165) is 21.4 Å². The molecule has 0 saturated carbocycles. The summed E-state index contributed by atoms with van der Waals surface area (Å²) in [5.41, 5.74) is 1.61. The Morgan fingerprint density at radius 1 is 1.21 bits per heavy atom. The number of hydrogen-bond donors (Lipinski definition) is 0. The topological polar surface area (TPSA) is 65.5 Å². The Kier molecular flexibility index (Phi) is 3.84. The van der Waals surface area contributed by atoms with Crippen molar-refractivity contribution in [2.75, 3.05) is 0 Å². The molecule has 0 radical (unpaired) electrons. The van der Waals surface area contributed by atoms with Crippen LogP contribution in [0.4, 0.5) is 0 Å². The van der Waals surface area contributed by atoms with E-state index < -0.39 is 5.97 Å². The normalized spacial score (nSPS) is 11.0. The Labute approximate surface area is 145 Å². The third kappa shape index (κ3) is 2.93. The van der Waals surface area contributed by atoms with E-state index in [9.17, 15) is 4.79 Å². The van der Waals surface area contributed by atoms with E-state index in [-0.39, 0.29) is 12.3 Å². The minimum absolute atomic E-state index is 0.124. The first-order valence-electron chi connectivity index (χ1n) is 7.05. The lowest BCUT2D eigenvalue weighted by Crippen LogP contribution is -2.11. The van der Waals surface area contributed by atoms with Gasteiger partial charge in [-0.2, -0.15) is 4.98 Å². The summed E-state index contributed by atoms with van der Waals surface area (Å²) in [5.74, 6) is 0.115. The highest BCUT2D eigenvalue weighted by atomic mass is 35.5. The van der Waals surface area contributed by atoms with Crippen LogP contribution >= 0.6 is 22.9 Å². The highest BCUT2D eigenvalue weighted by Gasteiger charge is 2.18. The van der Waals surface area contributed by atoms with Gasteiger partial charge in [-0.05, 0) is 35.9 Å². The van der Waals surface area contributed by atoms with E-state index in [2.05, 4.69) is 4.98 Å². The van der Waals surface area contributed by atoms with Crippen LogP contribution in [0.2, 0.25) is 4.34 Å². The van der Waals surface area contributed by atoms with E-state index in [1.165, 1.54) is 17.7 Å². The number of furan rings is 1. The Bertz CT molecular complexity index is 1020. The van der Waals surface area contributed by atoms with Gasteiger partial charge in [-0.15, -0.1) is 11.3 Å². The molecular formula is C17H10ClNO4S. The van der Waals surface area contributed by atoms with Crippen molar-refractivity contribution >= 4 is 39.9 Å². The molecule has 0 atom stereocenters. The van der Waals surface area contributed by atoms with Gasteiger partial charge >= 0.3 is 5.97 Å². The zero-order valence-corrected chi connectivity index (χ0v) is 13.8. The second-order valence-corrected chi connectivity index (χ2v) is 6.75. The molecule has 4 aromatic rings. The molecule has 4 rings (SSSR count). The largest absolute Gasteiger partial charge is 0.464 e. The van der Waals surface area contributed by atoms with E-state index in [4.69, 9.17) is 25.2 Å². The number of aromatic nitrogens is 1. The molecule has 0 bridgehead atoms. The molecular weight excluding hydrogens is 350 g/mol. The van der Waals surface area contributed by atoms with Gasteiger partial charge in [0.05, 0.1) is 21.9 Å². The fourth-order valence-electron chi connectivity index (χ4n) is 2.35. The smallest absolute Gasteiger partial charge is 0.317 e. The van der Waals surface area contributed by atoms with Crippen LogP contribution in [0.1, 0.15) is 5.56 Å². The maximum Gasteiger partial charge on any atom is 0.317 e. The number of benzene rings is 1. The lowest BCUT2D eigenvalue weighted by atomic mass is 10.1. The number of carbonyl (C=O) groups is 1. The third-order valence-corrected chi connectivity index (χ3v) is 4.64. The molecule has 1 aromatic carbocycles. The van der Waals surface area contributed by atoms with Crippen molar-refractivity contribution in [3.63, 3.8) is 0 Å². The summed E-state index contributed by atoms with van der Waals surface area (Å²) in [6.45, 7) is 0. The predicted octanol–water partition coefficient (Wildman–Crippen LogP) is 4.95. The Morgan fingerprint density at radius 3 is 2.96 bits per heavy atom. The molecule has 0 aliphatic heterocycles. The molecule has 24 heavy (non-hydrogen) atoms. The van der Waals surface area contributed by atoms with Crippen LogP contribution in [-0.2, 0) is 11.2 Å². The molecule has 0 aliphatic carbocycles. The van der Waals surface area contributed by atoms with Crippen molar-refractivity contribution in [3.05, 3.63) is 59.0 Å². The van der Waals surface area contributed by atoms with Crippen LogP contribution in [0, 0.1) is 0 Å². The summed E-state index contributed by atoms with van der Waals surface area (Å²) < 4.78 is 16.6. The molecule has 0 spiro atoms.